The van der Waals surface area contributed by atoms with Crippen LogP contribution in [0.1, 0.15) is 16.7 Å². The van der Waals surface area contributed by atoms with Crippen molar-refractivity contribution < 1.29 is 4.74 Å². The van der Waals surface area contributed by atoms with Crippen molar-refractivity contribution in [3.63, 3.8) is 0 Å². The highest BCUT2D eigenvalue weighted by atomic mass is 16.5. The fraction of sp³-hybridized carbons (Fsp3) is 0.0500. The Labute approximate surface area is 129 Å². The Hall–Kier alpha value is -2.87. The van der Waals surface area contributed by atoms with Crippen molar-refractivity contribution in [2.24, 2.45) is 0 Å². The van der Waals surface area contributed by atoms with E-state index in [4.69, 9.17) is 0 Å². The molecule has 106 valence electrons. The molecule has 0 spiro atoms. The number of hydrogen-bond donors (Lipinski definition) is 0. The van der Waals surface area contributed by atoms with Gasteiger partial charge in [-0.2, -0.15) is 4.74 Å². The summed E-state index contributed by atoms with van der Waals surface area (Å²) in [6, 6.07) is 26.1. The number of benzene rings is 3. The van der Waals surface area contributed by atoms with E-state index in [9.17, 15) is 5.21 Å². The lowest BCUT2D eigenvalue weighted by Gasteiger charge is -2.09. The van der Waals surface area contributed by atoms with Gasteiger partial charge in [-0.1, -0.05) is 66.7 Å². The molecule has 4 rings (SSSR count). The molecule has 0 saturated heterocycles. The molecule has 1 aliphatic carbocycles. The second-order valence-electron chi connectivity index (χ2n) is 5.46. The van der Waals surface area contributed by atoms with E-state index in [1.165, 1.54) is 0 Å². The fourth-order valence-electron chi connectivity index (χ4n) is 3.09. The number of rotatable bonds is 2. The van der Waals surface area contributed by atoms with Gasteiger partial charge >= 0.3 is 0 Å². The van der Waals surface area contributed by atoms with Gasteiger partial charge in [-0.05, 0) is 23.3 Å². The van der Waals surface area contributed by atoms with Gasteiger partial charge in [-0.3, -0.25) is 0 Å². The normalized spacial score (nSPS) is 11.9. The second-order valence-corrected chi connectivity index (χ2v) is 5.46. The van der Waals surface area contributed by atoms with E-state index in [0.29, 0.717) is 6.54 Å². The Morgan fingerprint density at radius 1 is 0.591 bits per heavy atom. The predicted octanol–water partition coefficient (Wildman–Crippen LogP) is 4.21. The summed E-state index contributed by atoms with van der Waals surface area (Å²) in [5.41, 5.74) is 6.12. The van der Waals surface area contributed by atoms with Crippen molar-refractivity contribution in [3.8, 4) is 11.1 Å². The summed E-state index contributed by atoms with van der Waals surface area (Å²) in [7, 11) is 0. The van der Waals surface area contributed by atoms with Crippen LogP contribution >= 0.6 is 0 Å². The molecule has 2 nitrogen and oxygen atoms in total. The molecule has 0 heterocycles. The molecular formula is C20H15NO. The number of hydrogen-bond acceptors (Lipinski definition) is 1. The molecule has 2 heteroatoms. The fourth-order valence-corrected chi connectivity index (χ4v) is 3.09. The smallest absolute Gasteiger partial charge is 0.227 e. The average Bonchev–Trinajstić information content (AvgIpc) is 2.90. The van der Waals surface area contributed by atoms with E-state index in [-0.39, 0.29) is 0 Å². The SMILES string of the molecule is [O-][N+](Cc1ccccc1)=C1c2ccccc2-c2ccccc21. The molecule has 0 unspecified atom stereocenters. The molecule has 0 aliphatic heterocycles. The maximum atomic E-state index is 12.8. The van der Waals surface area contributed by atoms with Gasteiger partial charge in [0.25, 0.3) is 0 Å². The molecule has 0 atom stereocenters. The first kappa shape index (κ1) is 12.8. The van der Waals surface area contributed by atoms with E-state index < -0.39 is 0 Å². The zero-order valence-corrected chi connectivity index (χ0v) is 12.1. The third kappa shape index (κ3) is 2.01. The van der Waals surface area contributed by atoms with Crippen LogP contribution in [0.3, 0.4) is 0 Å². The molecule has 3 aromatic carbocycles. The van der Waals surface area contributed by atoms with Gasteiger partial charge < -0.3 is 5.21 Å². The minimum Gasteiger partial charge on any atom is -0.623 e. The third-order valence-electron chi connectivity index (χ3n) is 4.07. The molecule has 22 heavy (non-hydrogen) atoms. The summed E-state index contributed by atoms with van der Waals surface area (Å²) in [5.74, 6) is 0. The molecule has 0 aromatic heterocycles. The van der Waals surface area contributed by atoms with Gasteiger partial charge in [0.2, 0.25) is 5.71 Å². The summed E-state index contributed by atoms with van der Waals surface area (Å²) in [6.45, 7) is 0.360. The number of hydroxylamine groups is 1. The van der Waals surface area contributed by atoms with Crippen molar-refractivity contribution in [1.82, 2.24) is 0 Å². The average molecular weight is 285 g/mol. The molecule has 3 aromatic rings. The minimum absolute atomic E-state index is 0.360. The molecule has 0 bridgehead atoms. The van der Waals surface area contributed by atoms with Gasteiger partial charge in [0.05, 0.1) is 11.1 Å². The summed E-state index contributed by atoms with van der Waals surface area (Å²) in [6.07, 6.45) is 0. The van der Waals surface area contributed by atoms with Crippen molar-refractivity contribution in [3.05, 3.63) is 101 Å². The maximum absolute atomic E-state index is 12.8. The molecule has 0 radical (unpaired) electrons. The Morgan fingerprint density at radius 3 is 1.59 bits per heavy atom. The first-order valence-corrected chi connectivity index (χ1v) is 7.39. The topological polar surface area (TPSA) is 26.1 Å². The lowest BCUT2D eigenvalue weighted by atomic mass is 10.1. The predicted molar refractivity (Wildman–Crippen MR) is 88.9 cm³/mol. The Balaban J connectivity index is 1.89. The van der Waals surface area contributed by atoms with Crippen LogP contribution in [0, 0.1) is 5.21 Å². The van der Waals surface area contributed by atoms with Crippen molar-refractivity contribution in [2.45, 2.75) is 6.54 Å². The van der Waals surface area contributed by atoms with E-state index >= 15 is 0 Å². The van der Waals surface area contributed by atoms with Gasteiger partial charge in [0, 0.05) is 5.56 Å². The summed E-state index contributed by atoms with van der Waals surface area (Å²) >= 11 is 0. The quantitative estimate of drug-likeness (QED) is 0.308. The van der Waals surface area contributed by atoms with Crippen LogP contribution in [-0.2, 0) is 6.54 Å². The highest BCUT2D eigenvalue weighted by molar-refractivity contribution is 6.22. The molecule has 0 saturated carbocycles. The van der Waals surface area contributed by atoms with Crippen LogP contribution in [0.25, 0.3) is 11.1 Å². The van der Waals surface area contributed by atoms with Crippen molar-refractivity contribution in [1.29, 1.82) is 0 Å². The monoisotopic (exact) mass is 285 g/mol. The van der Waals surface area contributed by atoms with E-state index in [1.54, 1.807) is 0 Å². The van der Waals surface area contributed by atoms with Gasteiger partial charge in [-0.25, -0.2) is 0 Å². The zero-order valence-electron chi connectivity index (χ0n) is 12.1. The largest absolute Gasteiger partial charge is 0.623 e. The summed E-state index contributed by atoms with van der Waals surface area (Å²) in [4.78, 5) is 0. The lowest BCUT2D eigenvalue weighted by Crippen LogP contribution is -2.16. The number of fused-ring (bicyclic) bond motifs is 3. The van der Waals surface area contributed by atoms with Crippen LogP contribution in [0.2, 0.25) is 0 Å². The van der Waals surface area contributed by atoms with E-state index in [1.807, 2.05) is 66.7 Å². The van der Waals surface area contributed by atoms with Crippen molar-refractivity contribution in [2.75, 3.05) is 0 Å². The van der Waals surface area contributed by atoms with Crippen LogP contribution in [0.15, 0.2) is 78.9 Å². The highest BCUT2D eigenvalue weighted by Crippen LogP contribution is 2.36. The molecule has 0 fully saturated rings. The summed E-state index contributed by atoms with van der Waals surface area (Å²) in [5, 5.41) is 12.8. The zero-order chi connectivity index (χ0) is 14.9. The highest BCUT2D eigenvalue weighted by Gasteiger charge is 2.29. The lowest BCUT2D eigenvalue weighted by molar-refractivity contribution is -0.473. The standard InChI is InChI=1S/C20H15NO/c22-21(14-15-8-2-1-3-9-15)20-18-12-6-4-10-16(18)17-11-5-7-13-19(17)20/h1-13H,14H2. The first-order valence-electron chi connectivity index (χ1n) is 7.39. The van der Waals surface area contributed by atoms with Gasteiger partial charge in [-0.15, -0.1) is 0 Å². The van der Waals surface area contributed by atoms with Crippen molar-refractivity contribution >= 4 is 5.71 Å². The molecule has 1 aliphatic rings. The second kappa shape index (κ2) is 5.15. The van der Waals surface area contributed by atoms with Gasteiger partial charge in [0.15, 0.2) is 6.54 Å². The van der Waals surface area contributed by atoms with Crippen LogP contribution in [-0.4, -0.2) is 10.5 Å². The Bertz CT molecular complexity index is 818. The third-order valence-corrected chi connectivity index (χ3v) is 4.07. The molecular weight excluding hydrogens is 270 g/mol. The Kier molecular flexibility index (Phi) is 3.01. The van der Waals surface area contributed by atoms with Crippen LogP contribution in [0.5, 0.6) is 0 Å². The van der Waals surface area contributed by atoms with Gasteiger partial charge in [0.1, 0.15) is 0 Å². The Morgan fingerprint density at radius 2 is 1.05 bits per heavy atom. The molecule has 0 N–H and O–H groups in total. The molecule has 0 amide bonds. The van der Waals surface area contributed by atoms with Crippen LogP contribution < -0.4 is 0 Å². The first-order chi connectivity index (χ1) is 10.8. The van der Waals surface area contributed by atoms with E-state index in [0.717, 1.165) is 38.3 Å². The van der Waals surface area contributed by atoms with Crippen LogP contribution in [0.4, 0.5) is 0 Å². The maximum Gasteiger partial charge on any atom is 0.227 e. The summed E-state index contributed by atoms with van der Waals surface area (Å²) < 4.78 is 1.11. The van der Waals surface area contributed by atoms with E-state index in [2.05, 4.69) is 12.1 Å². The number of nitrogens with zero attached hydrogens (tertiary/aromatic N) is 1. The minimum atomic E-state index is 0.360.